The minimum Gasteiger partial charge on any atom is -0.331 e. The summed E-state index contributed by atoms with van der Waals surface area (Å²) in [5.41, 5.74) is 1.31. The third-order valence-corrected chi connectivity index (χ3v) is 5.61. The van der Waals surface area contributed by atoms with Crippen LogP contribution >= 0.6 is 23.8 Å². The summed E-state index contributed by atoms with van der Waals surface area (Å²) in [5, 5.41) is 3.46. The second-order valence-corrected chi connectivity index (χ2v) is 7.22. The van der Waals surface area contributed by atoms with Crippen molar-refractivity contribution in [2.24, 2.45) is 0 Å². The molecule has 4 nitrogen and oxygen atoms in total. The van der Waals surface area contributed by atoms with Crippen LogP contribution in [-0.2, 0) is 16.6 Å². The quantitative estimate of drug-likeness (QED) is 0.854. The number of hydrogen-bond acceptors (Lipinski definition) is 3. The summed E-state index contributed by atoms with van der Waals surface area (Å²) in [7, 11) is -3.71. The summed E-state index contributed by atoms with van der Waals surface area (Å²) >= 11 is 11.1. The highest BCUT2D eigenvalue weighted by atomic mass is 35.5. The fourth-order valence-electron chi connectivity index (χ4n) is 2.12. The zero-order valence-corrected chi connectivity index (χ0v) is 13.2. The van der Waals surface area contributed by atoms with Crippen molar-refractivity contribution < 1.29 is 8.42 Å². The lowest BCUT2D eigenvalue weighted by atomic mass is 10.2. The maximum absolute atomic E-state index is 12.7. The van der Waals surface area contributed by atoms with E-state index < -0.39 is 10.0 Å². The zero-order chi connectivity index (χ0) is 15.0. The molecule has 21 heavy (non-hydrogen) atoms. The van der Waals surface area contributed by atoms with Gasteiger partial charge in [0.2, 0.25) is 0 Å². The van der Waals surface area contributed by atoms with Gasteiger partial charge in [0.1, 0.15) is 4.90 Å². The Morgan fingerprint density at radius 1 is 1.14 bits per heavy atom. The van der Waals surface area contributed by atoms with Gasteiger partial charge in [0, 0.05) is 5.02 Å². The third kappa shape index (κ3) is 2.62. The van der Waals surface area contributed by atoms with Crippen LogP contribution in [0.15, 0.2) is 53.4 Å². The van der Waals surface area contributed by atoms with Gasteiger partial charge in [-0.3, -0.25) is 0 Å². The van der Waals surface area contributed by atoms with E-state index in [2.05, 4.69) is 5.32 Å². The molecule has 0 saturated heterocycles. The molecule has 0 aliphatic carbocycles. The van der Waals surface area contributed by atoms with Crippen LogP contribution in [0, 0.1) is 0 Å². The number of fused-ring (bicyclic) bond motifs is 1. The average molecular weight is 339 g/mol. The maximum atomic E-state index is 12.7. The van der Waals surface area contributed by atoms with E-state index in [9.17, 15) is 8.42 Å². The fourth-order valence-corrected chi connectivity index (χ4v) is 4.32. The van der Waals surface area contributed by atoms with E-state index >= 15 is 0 Å². The summed E-state index contributed by atoms with van der Waals surface area (Å²) in [6, 6.07) is 14.0. The first-order valence-electron chi connectivity index (χ1n) is 6.16. The molecule has 3 rings (SSSR count). The lowest BCUT2D eigenvalue weighted by molar-refractivity contribution is 0.518. The number of rotatable bonds is 2. The minimum atomic E-state index is -3.71. The molecule has 0 spiro atoms. The predicted molar refractivity (Wildman–Crippen MR) is 86.8 cm³/mol. The molecule has 0 saturated carbocycles. The molecule has 0 bridgehead atoms. The van der Waals surface area contributed by atoms with E-state index in [1.165, 1.54) is 10.4 Å². The van der Waals surface area contributed by atoms with E-state index in [4.69, 9.17) is 23.8 Å². The summed E-state index contributed by atoms with van der Waals surface area (Å²) in [5.74, 6) is 0. The molecule has 0 fully saturated rings. The molecule has 2 aromatic rings. The number of sulfonamides is 1. The van der Waals surface area contributed by atoms with Crippen molar-refractivity contribution in [2.45, 2.75) is 11.4 Å². The van der Waals surface area contributed by atoms with Crippen LogP contribution in [0.4, 0.5) is 5.69 Å². The number of nitrogens with one attached hydrogen (secondary N) is 1. The van der Waals surface area contributed by atoms with E-state index in [-0.39, 0.29) is 16.6 Å². The molecule has 0 aromatic heterocycles. The Labute approximate surface area is 133 Å². The number of benzene rings is 2. The van der Waals surface area contributed by atoms with Crippen LogP contribution in [0.2, 0.25) is 5.02 Å². The van der Waals surface area contributed by atoms with Crippen molar-refractivity contribution in [3.63, 3.8) is 0 Å². The lowest BCUT2D eigenvalue weighted by Gasteiger charge is -2.31. The Morgan fingerprint density at radius 2 is 1.86 bits per heavy atom. The maximum Gasteiger partial charge on any atom is 0.268 e. The first-order valence-corrected chi connectivity index (χ1v) is 8.38. The van der Waals surface area contributed by atoms with Gasteiger partial charge in [0.05, 0.1) is 12.2 Å². The number of hydrogen-bond donors (Lipinski definition) is 1. The molecule has 0 amide bonds. The second kappa shape index (κ2) is 5.29. The van der Waals surface area contributed by atoms with Gasteiger partial charge in [-0.1, -0.05) is 41.9 Å². The summed E-state index contributed by atoms with van der Waals surface area (Å²) in [4.78, 5) is 0.138. The molecule has 0 unspecified atom stereocenters. The van der Waals surface area contributed by atoms with Crippen LogP contribution < -0.4 is 5.32 Å². The van der Waals surface area contributed by atoms with Gasteiger partial charge in [0.25, 0.3) is 10.0 Å². The van der Waals surface area contributed by atoms with Crippen LogP contribution in [0.5, 0.6) is 0 Å². The molecule has 0 radical (unpaired) electrons. The molecule has 2 aromatic carbocycles. The molecule has 1 aliphatic heterocycles. The van der Waals surface area contributed by atoms with E-state index in [1.54, 1.807) is 12.1 Å². The standard InChI is InChI=1S/C14H11ClN2O2S2/c15-11-6-7-12-13(8-11)21(18,19)17(14(20)16-12)9-10-4-2-1-3-5-10/h1-8H,9H2,(H,16,20). The van der Waals surface area contributed by atoms with Crippen molar-refractivity contribution in [1.82, 2.24) is 4.31 Å². The third-order valence-electron chi connectivity index (χ3n) is 3.15. The summed E-state index contributed by atoms with van der Waals surface area (Å²) in [6.07, 6.45) is 0. The van der Waals surface area contributed by atoms with Crippen LogP contribution in [-0.4, -0.2) is 17.8 Å². The highest BCUT2D eigenvalue weighted by Crippen LogP contribution is 2.33. The summed E-state index contributed by atoms with van der Waals surface area (Å²) < 4.78 is 26.6. The first-order chi connectivity index (χ1) is 9.98. The molecule has 108 valence electrons. The Balaban J connectivity index is 2.05. The van der Waals surface area contributed by atoms with Crippen molar-refractivity contribution in [2.75, 3.05) is 5.32 Å². The van der Waals surface area contributed by atoms with Gasteiger partial charge < -0.3 is 5.32 Å². The lowest BCUT2D eigenvalue weighted by Crippen LogP contribution is -2.43. The Bertz CT molecular complexity index is 807. The Kier molecular flexibility index (Phi) is 3.61. The molecule has 1 N–H and O–H groups in total. The first kappa shape index (κ1) is 14.3. The van der Waals surface area contributed by atoms with E-state index in [0.29, 0.717) is 10.7 Å². The van der Waals surface area contributed by atoms with Gasteiger partial charge in [-0.05, 0) is 36.0 Å². The largest absolute Gasteiger partial charge is 0.331 e. The summed E-state index contributed by atoms with van der Waals surface area (Å²) in [6.45, 7) is 0.182. The fraction of sp³-hybridized carbons (Fsp3) is 0.0714. The van der Waals surface area contributed by atoms with Crippen LogP contribution in [0.3, 0.4) is 0 Å². The Morgan fingerprint density at radius 3 is 2.57 bits per heavy atom. The topological polar surface area (TPSA) is 49.4 Å². The van der Waals surface area contributed by atoms with Gasteiger partial charge in [-0.25, -0.2) is 12.7 Å². The van der Waals surface area contributed by atoms with Crippen molar-refractivity contribution in [3.8, 4) is 0 Å². The molecule has 7 heteroatoms. The molecule has 1 heterocycles. The minimum absolute atomic E-state index is 0.138. The van der Waals surface area contributed by atoms with Crippen LogP contribution in [0.1, 0.15) is 5.56 Å². The van der Waals surface area contributed by atoms with Gasteiger partial charge in [0.15, 0.2) is 5.11 Å². The number of nitrogens with zero attached hydrogens (tertiary/aromatic N) is 1. The SMILES string of the molecule is O=S1(=O)c2cc(Cl)ccc2NC(=S)N1Cc1ccccc1. The predicted octanol–water partition coefficient (Wildman–Crippen LogP) is 3.24. The van der Waals surface area contributed by atoms with E-state index in [0.717, 1.165) is 5.56 Å². The molecule has 1 aliphatic rings. The van der Waals surface area contributed by atoms with Crippen LogP contribution in [0.25, 0.3) is 0 Å². The van der Waals surface area contributed by atoms with Gasteiger partial charge in [-0.15, -0.1) is 0 Å². The monoisotopic (exact) mass is 338 g/mol. The second-order valence-electron chi connectivity index (χ2n) is 4.57. The van der Waals surface area contributed by atoms with Crippen molar-refractivity contribution in [1.29, 1.82) is 0 Å². The highest BCUT2D eigenvalue weighted by molar-refractivity contribution is 7.92. The molecular weight excluding hydrogens is 328 g/mol. The highest BCUT2D eigenvalue weighted by Gasteiger charge is 2.34. The zero-order valence-electron chi connectivity index (χ0n) is 10.8. The normalized spacial score (nSPS) is 16.2. The molecular formula is C14H11ClN2O2S2. The van der Waals surface area contributed by atoms with E-state index in [1.807, 2.05) is 30.3 Å². The Hall–Kier alpha value is -1.63. The number of thiocarbonyl (C=S) groups is 1. The van der Waals surface area contributed by atoms with Crippen molar-refractivity contribution >= 4 is 44.6 Å². The molecule has 0 atom stereocenters. The van der Waals surface area contributed by atoms with Crippen molar-refractivity contribution in [3.05, 3.63) is 59.1 Å². The number of halogens is 1. The van der Waals surface area contributed by atoms with Gasteiger partial charge in [-0.2, -0.15) is 0 Å². The smallest absolute Gasteiger partial charge is 0.268 e. The van der Waals surface area contributed by atoms with Gasteiger partial charge >= 0.3 is 0 Å². The average Bonchev–Trinajstić information content (AvgIpc) is 2.46. The number of anilines is 1.